The van der Waals surface area contributed by atoms with Crippen molar-refractivity contribution >= 4 is 11.8 Å². The fourth-order valence-corrected chi connectivity index (χ4v) is 9.19. The van der Waals surface area contributed by atoms with Gasteiger partial charge in [0.15, 0.2) is 37.7 Å². The molecule has 6 saturated heterocycles. The van der Waals surface area contributed by atoms with Gasteiger partial charge in [-0.25, -0.2) is 0 Å². The molecule has 18 N–H and O–H groups in total. The fraction of sp³-hybridized carbons (Fsp3) is 0.950. The van der Waals surface area contributed by atoms with Gasteiger partial charge in [-0.2, -0.15) is 0 Å². The molecule has 30 atom stereocenters. The van der Waals surface area contributed by atoms with Crippen molar-refractivity contribution in [2.75, 3.05) is 26.4 Å². The lowest BCUT2D eigenvalue weighted by Gasteiger charge is -2.52. The highest BCUT2D eigenvalue weighted by Gasteiger charge is 2.59. The Kier molecular flexibility index (Phi) is 20.2. The number of nitrogens with one attached hydrogen (secondary N) is 2. The third-order valence-corrected chi connectivity index (χ3v) is 13.2. The molecule has 2 amide bonds. The second kappa shape index (κ2) is 24.7. The fourth-order valence-electron chi connectivity index (χ4n) is 9.19. The van der Waals surface area contributed by atoms with Crippen LogP contribution in [0.5, 0.6) is 0 Å². The van der Waals surface area contributed by atoms with Gasteiger partial charge in [-0.15, -0.1) is 0 Å². The predicted octanol–water partition coefficient (Wildman–Crippen LogP) is -11.8. The zero-order valence-electron chi connectivity index (χ0n) is 38.6. The van der Waals surface area contributed by atoms with Gasteiger partial charge in [0.05, 0.1) is 38.6 Å². The molecule has 6 aliphatic rings. The summed E-state index contributed by atoms with van der Waals surface area (Å²) in [5.74, 6) is -1.64. The van der Waals surface area contributed by atoms with Crippen LogP contribution in [0.25, 0.3) is 0 Å². The molecule has 6 heterocycles. The van der Waals surface area contributed by atoms with Crippen molar-refractivity contribution in [2.45, 2.75) is 212 Å². The van der Waals surface area contributed by atoms with Gasteiger partial charge in [0.25, 0.3) is 0 Å². The summed E-state index contributed by atoms with van der Waals surface area (Å²) in [6, 6.07) is -3.45. The van der Waals surface area contributed by atoms with Crippen molar-refractivity contribution in [3.63, 3.8) is 0 Å². The molecule has 31 nitrogen and oxygen atoms in total. The second-order valence-corrected chi connectivity index (χ2v) is 18.2. The summed E-state index contributed by atoms with van der Waals surface area (Å²) in [5, 5.41) is 177. The quantitative estimate of drug-likeness (QED) is 0.0682. The lowest BCUT2D eigenvalue weighted by Crippen LogP contribution is -2.71. The number of aliphatic hydroxyl groups is 16. The first-order chi connectivity index (χ1) is 33.5. The molecule has 6 rings (SSSR count). The Morgan fingerprint density at radius 3 is 1.15 bits per heavy atom. The predicted molar refractivity (Wildman–Crippen MR) is 220 cm³/mol. The van der Waals surface area contributed by atoms with E-state index in [4.69, 9.17) is 52.1 Å². The molecule has 0 unspecified atom stereocenters. The summed E-state index contributed by atoms with van der Waals surface area (Å²) in [6.07, 6.45) is -51.4. The number of hydrogen-bond donors (Lipinski definition) is 18. The maximum Gasteiger partial charge on any atom is 0.217 e. The summed E-state index contributed by atoms with van der Waals surface area (Å²) in [4.78, 5) is 25.4. The summed E-state index contributed by atoms with van der Waals surface area (Å²) in [7, 11) is 0. The molecule has 71 heavy (non-hydrogen) atoms. The lowest BCUT2D eigenvalue weighted by atomic mass is 9.93. The first-order valence-electron chi connectivity index (χ1n) is 22.8. The van der Waals surface area contributed by atoms with E-state index in [0.29, 0.717) is 0 Å². The minimum Gasteiger partial charge on any atom is -0.394 e. The van der Waals surface area contributed by atoms with Crippen molar-refractivity contribution in [3.8, 4) is 0 Å². The minimum atomic E-state index is -2.25. The van der Waals surface area contributed by atoms with E-state index in [1.807, 2.05) is 0 Å². The largest absolute Gasteiger partial charge is 0.394 e. The van der Waals surface area contributed by atoms with Gasteiger partial charge in [0, 0.05) is 13.8 Å². The van der Waals surface area contributed by atoms with E-state index in [-0.39, 0.29) is 0 Å². The third kappa shape index (κ3) is 12.4. The van der Waals surface area contributed by atoms with Crippen molar-refractivity contribution in [3.05, 3.63) is 0 Å². The van der Waals surface area contributed by atoms with Crippen LogP contribution in [-0.2, 0) is 61.7 Å². The van der Waals surface area contributed by atoms with E-state index < -0.39 is 222 Å². The summed E-state index contributed by atoms with van der Waals surface area (Å²) >= 11 is 0. The zero-order valence-corrected chi connectivity index (χ0v) is 38.6. The van der Waals surface area contributed by atoms with Gasteiger partial charge in [-0.05, 0) is 13.8 Å². The molecule has 0 aromatic heterocycles. The minimum absolute atomic E-state index is 0.773. The van der Waals surface area contributed by atoms with Crippen LogP contribution < -0.4 is 10.6 Å². The van der Waals surface area contributed by atoms with Crippen LogP contribution in [0, 0.1) is 0 Å². The highest BCUT2D eigenvalue weighted by atomic mass is 16.8. The number of carbonyl (C=O) groups is 2. The number of aliphatic hydroxyl groups excluding tert-OH is 16. The lowest BCUT2D eigenvalue weighted by molar-refractivity contribution is -0.393. The molecule has 0 spiro atoms. The first kappa shape index (κ1) is 58.1. The number of carbonyl (C=O) groups excluding carboxylic acids is 2. The molecular formula is C40H68N2O29. The normalized spacial score (nSPS) is 50.8. The van der Waals surface area contributed by atoms with E-state index in [2.05, 4.69) is 10.6 Å². The van der Waals surface area contributed by atoms with Gasteiger partial charge in [-0.3, -0.25) is 9.59 Å². The Hall–Kier alpha value is -2.14. The summed E-state index contributed by atoms with van der Waals surface area (Å²) < 4.78 is 64.6. The monoisotopic (exact) mass is 1040 g/mol. The Bertz CT molecular complexity index is 1710. The van der Waals surface area contributed by atoms with Gasteiger partial charge >= 0.3 is 0 Å². The van der Waals surface area contributed by atoms with Crippen LogP contribution in [0.2, 0.25) is 0 Å². The van der Waals surface area contributed by atoms with Gasteiger partial charge in [-0.1, -0.05) is 0 Å². The standard InChI is InChI=1S/C40H68N2O29/c1-9-19(49)23(53)26(56)37(61-9)69-32-17(41-11(3)47)35(60)63-15(7-45)30(32)68-40-29(59)34(22(52)14(6-44)65-40)71-36-18(42-12(4)48)33(70-38-27(57)24(54)20(50)10(2)62-38)31(16(8-46)66-36)67-39-28(58)25(55)21(51)13(5-43)64-39/h9-10,13-40,43-46,49-60H,5-8H2,1-4H3,(H,41,47)(H,42,48)/t9-,10-,13+,14+,15+,16+,17+,18+,19+,20+,21-,22-,23+,24+,25-,26-,27-,28+,29+,30+,31+,32+,33+,34-,35+,36-,37-,38-,39-,40-/m0/s1. The van der Waals surface area contributed by atoms with Gasteiger partial charge in [0.1, 0.15) is 134 Å². The number of amides is 2. The molecule has 6 aliphatic heterocycles. The Balaban J connectivity index is 1.35. The molecule has 0 aromatic carbocycles. The van der Waals surface area contributed by atoms with E-state index in [1.165, 1.54) is 13.8 Å². The van der Waals surface area contributed by atoms with Gasteiger partial charge < -0.3 is 144 Å². The maximum absolute atomic E-state index is 13.0. The van der Waals surface area contributed by atoms with Crippen LogP contribution in [0.3, 0.4) is 0 Å². The van der Waals surface area contributed by atoms with Crippen molar-refractivity contribution < 1.29 is 143 Å². The molecule has 0 bridgehead atoms. The molecule has 31 heteroatoms. The molecular weight excluding hydrogens is 972 g/mol. The highest BCUT2D eigenvalue weighted by molar-refractivity contribution is 5.73. The maximum atomic E-state index is 13.0. The summed E-state index contributed by atoms with van der Waals surface area (Å²) in [6.45, 7) is 0.720. The Morgan fingerprint density at radius 1 is 0.366 bits per heavy atom. The second-order valence-electron chi connectivity index (χ2n) is 18.2. The molecule has 0 radical (unpaired) electrons. The van der Waals surface area contributed by atoms with Crippen molar-refractivity contribution in [2.24, 2.45) is 0 Å². The molecule has 0 saturated carbocycles. The number of ether oxygens (including phenoxy) is 11. The van der Waals surface area contributed by atoms with Crippen LogP contribution in [0.15, 0.2) is 0 Å². The van der Waals surface area contributed by atoms with E-state index in [1.54, 1.807) is 0 Å². The average molecular weight is 1040 g/mol. The Labute approximate surface area is 403 Å². The SMILES string of the molecule is CC(=O)N[C@@H]1[C@@H](O[C@@H]2O[C@@H](C)[C@@H](O)[C@@H](O)[C@@H]2O)[C@H](O[C@@H]2O[C@H](CO)[C@H](O)[C@H](O[C@@H]3O[C@H](CO)[C@@H](O[C@@H]4O[C@H](CO)[C@H](O)[C@H](O)[C@H]4O)[C@H](O[C@@H]4O[C@@H](C)[C@@H](O)[C@@H](O)[C@@H]4O)[C@H]3NC(C)=O)[C@H]2O)[C@@H](CO)O[C@H]1O. The zero-order chi connectivity index (χ0) is 52.5. The number of rotatable bonds is 16. The summed E-state index contributed by atoms with van der Waals surface area (Å²) in [5.41, 5.74) is 0. The first-order valence-corrected chi connectivity index (χ1v) is 22.8. The van der Waals surface area contributed by atoms with Crippen molar-refractivity contribution in [1.29, 1.82) is 0 Å². The van der Waals surface area contributed by atoms with E-state index in [0.717, 1.165) is 13.8 Å². The van der Waals surface area contributed by atoms with E-state index >= 15 is 0 Å². The molecule has 6 fully saturated rings. The van der Waals surface area contributed by atoms with Crippen LogP contribution in [0.1, 0.15) is 27.7 Å². The Morgan fingerprint density at radius 2 is 0.704 bits per heavy atom. The van der Waals surface area contributed by atoms with Crippen LogP contribution in [0.4, 0.5) is 0 Å². The van der Waals surface area contributed by atoms with Crippen LogP contribution in [-0.4, -0.2) is 304 Å². The smallest absolute Gasteiger partial charge is 0.217 e. The van der Waals surface area contributed by atoms with E-state index in [9.17, 15) is 91.3 Å². The highest BCUT2D eigenvalue weighted by Crippen LogP contribution is 2.38. The average Bonchev–Trinajstić information content (AvgIpc) is 3.33. The topological polar surface area (TPSA) is 483 Å². The molecule has 0 aromatic rings. The van der Waals surface area contributed by atoms with Crippen molar-refractivity contribution in [1.82, 2.24) is 10.6 Å². The molecule has 412 valence electrons. The molecule has 0 aliphatic carbocycles. The number of hydrogen-bond acceptors (Lipinski definition) is 29. The third-order valence-electron chi connectivity index (χ3n) is 13.2. The van der Waals surface area contributed by atoms with Crippen LogP contribution >= 0.6 is 0 Å². The van der Waals surface area contributed by atoms with Gasteiger partial charge in [0.2, 0.25) is 11.8 Å².